The topological polar surface area (TPSA) is 44.0 Å². The molecule has 0 saturated heterocycles. The Kier molecular flexibility index (Phi) is 5.13. The molecule has 0 heterocycles. The molecule has 3 heteroatoms. The molecule has 0 aliphatic carbocycles. The highest BCUT2D eigenvalue weighted by Crippen LogP contribution is 2.19. The summed E-state index contributed by atoms with van der Waals surface area (Å²) in [5.41, 5.74) is 0.699. The number of aliphatic hydroxyl groups excluding tert-OH is 1. The van der Waals surface area contributed by atoms with Crippen molar-refractivity contribution in [2.45, 2.75) is 17.7 Å². The van der Waals surface area contributed by atoms with Crippen molar-refractivity contribution in [3.05, 3.63) is 29.8 Å². The first kappa shape index (κ1) is 11.1. The summed E-state index contributed by atoms with van der Waals surface area (Å²) in [7, 11) is 0. The van der Waals surface area contributed by atoms with E-state index in [1.165, 1.54) is 4.90 Å². The lowest BCUT2D eigenvalue weighted by molar-refractivity contribution is 0.287. The van der Waals surface area contributed by atoms with Gasteiger partial charge in [0.15, 0.2) is 0 Å². The van der Waals surface area contributed by atoms with Gasteiger partial charge in [-0.2, -0.15) is 5.26 Å². The molecule has 1 aromatic carbocycles. The third-order valence-electron chi connectivity index (χ3n) is 1.80. The van der Waals surface area contributed by atoms with Crippen LogP contribution in [0.2, 0.25) is 0 Å². The van der Waals surface area contributed by atoms with Crippen LogP contribution in [0.15, 0.2) is 29.2 Å². The Hall–Kier alpha value is -0.980. The molecule has 1 aromatic rings. The zero-order valence-corrected chi connectivity index (χ0v) is 8.76. The van der Waals surface area contributed by atoms with E-state index < -0.39 is 0 Å². The first-order chi connectivity index (χ1) is 6.86. The number of hydrogen-bond donors (Lipinski definition) is 1. The highest BCUT2D eigenvalue weighted by molar-refractivity contribution is 7.99. The average Bonchev–Trinajstić information content (AvgIpc) is 2.25. The fourth-order valence-corrected chi connectivity index (χ4v) is 1.94. The molecule has 0 atom stereocenters. The molecular formula is C11H13NOS. The van der Waals surface area contributed by atoms with Crippen LogP contribution in [-0.4, -0.2) is 17.5 Å². The summed E-state index contributed by atoms with van der Waals surface area (Å²) in [5, 5.41) is 17.2. The number of aliphatic hydroxyl groups is 1. The van der Waals surface area contributed by atoms with Crippen molar-refractivity contribution >= 4 is 11.8 Å². The molecule has 74 valence electrons. The zero-order chi connectivity index (χ0) is 10.2. The number of benzene rings is 1. The van der Waals surface area contributed by atoms with Gasteiger partial charge in [-0.1, -0.05) is 0 Å². The Morgan fingerprint density at radius 3 is 2.50 bits per heavy atom. The monoisotopic (exact) mass is 207 g/mol. The maximum absolute atomic E-state index is 8.59. The average molecular weight is 207 g/mol. The van der Waals surface area contributed by atoms with Gasteiger partial charge in [-0.15, -0.1) is 11.8 Å². The Morgan fingerprint density at radius 2 is 1.93 bits per heavy atom. The molecule has 0 aliphatic rings. The van der Waals surface area contributed by atoms with Gasteiger partial charge in [-0.3, -0.25) is 0 Å². The largest absolute Gasteiger partial charge is 0.396 e. The van der Waals surface area contributed by atoms with E-state index in [1.807, 2.05) is 24.3 Å². The van der Waals surface area contributed by atoms with Crippen molar-refractivity contribution in [2.75, 3.05) is 12.4 Å². The Balaban J connectivity index is 2.33. The van der Waals surface area contributed by atoms with E-state index in [9.17, 15) is 0 Å². The van der Waals surface area contributed by atoms with E-state index in [4.69, 9.17) is 10.4 Å². The highest BCUT2D eigenvalue weighted by atomic mass is 32.2. The summed E-state index contributed by atoms with van der Waals surface area (Å²) in [6, 6.07) is 9.66. The molecule has 0 bridgehead atoms. The lowest BCUT2D eigenvalue weighted by Gasteiger charge is -2.00. The second-order valence-electron chi connectivity index (χ2n) is 2.92. The number of nitriles is 1. The Bertz CT molecular complexity index is 302. The van der Waals surface area contributed by atoms with Gasteiger partial charge in [-0.25, -0.2) is 0 Å². The first-order valence-electron chi connectivity index (χ1n) is 4.60. The maximum atomic E-state index is 8.59. The summed E-state index contributed by atoms with van der Waals surface area (Å²) in [6.45, 7) is 0.272. The lowest BCUT2D eigenvalue weighted by atomic mass is 10.2. The second kappa shape index (κ2) is 6.47. The predicted octanol–water partition coefficient (Wildman–Crippen LogP) is 2.42. The quantitative estimate of drug-likeness (QED) is 0.595. The molecule has 0 spiro atoms. The van der Waals surface area contributed by atoms with Crippen LogP contribution in [0.1, 0.15) is 18.4 Å². The van der Waals surface area contributed by atoms with E-state index in [0.717, 1.165) is 18.6 Å². The molecule has 14 heavy (non-hydrogen) atoms. The smallest absolute Gasteiger partial charge is 0.0991 e. The van der Waals surface area contributed by atoms with E-state index >= 15 is 0 Å². The summed E-state index contributed by atoms with van der Waals surface area (Å²) in [6.07, 6.45) is 1.89. The Labute approximate surface area is 88.6 Å². The third-order valence-corrected chi connectivity index (χ3v) is 2.90. The van der Waals surface area contributed by atoms with Gasteiger partial charge in [0.2, 0.25) is 0 Å². The molecule has 0 unspecified atom stereocenters. The highest BCUT2D eigenvalue weighted by Gasteiger charge is 1.94. The van der Waals surface area contributed by atoms with Crippen molar-refractivity contribution in [2.24, 2.45) is 0 Å². The minimum absolute atomic E-state index is 0.272. The van der Waals surface area contributed by atoms with Gasteiger partial charge >= 0.3 is 0 Å². The van der Waals surface area contributed by atoms with E-state index in [2.05, 4.69) is 6.07 Å². The van der Waals surface area contributed by atoms with Crippen LogP contribution in [0, 0.1) is 11.3 Å². The standard InChI is InChI=1S/C11H13NOS/c12-9-10-3-5-11(6-4-10)14-8-2-1-7-13/h3-6,13H,1-2,7-8H2. The van der Waals surface area contributed by atoms with Gasteiger partial charge in [0.1, 0.15) is 0 Å². The fourth-order valence-electron chi connectivity index (χ4n) is 1.03. The van der Waals surface area contributed by atoms with Crippen molar-refractivity contribution < 1.29 is 5.11 Å². The number of nitrogens with zero attached hydrogens (tertiary/aromatic N) is 1. The van der Waals surface area contributed by atoms with E-state index in [-0.39, 0.29) is 6.61 Å². The predicted molar refractivity (Wildman–Crippen MR) is 58.2 cm³/mol. The SMILES string of the molecule is N#Cc1ccc(SCCCCO)cc1. The minimum Gasteiger partial charge on any atom is -0.396 e. The van der Waals surface area contributed by atoms with Crippen LogP contribution >= 0.6 is 11.8 Å². The van der Waals surface area contributed by atoms with E-state index in [0.29, 0.717) is 5.56 Å². The molecule has 0 aromatic heterocycles. The normalized spacial score (nSPS) is 9.71. The summed E-state index contributed by atoms with van der Waals surface area (Å²) in [4.78, 5) is 1.18. The number of rotatable bonds is 5. The molecule has 0 aliphatic heterocycles. The van der Waals surface area contributed by atoms with Crippen molar-refractivity contribution in [1.29, 1.82) is 5.26 Å². The van der Waals surface area contributed by atoms with Crippen molar-refractivity contribution in [3.63, 3.8) is 0 Å². The molecule has 0 radical (unpaired) electrons. The summed E-state index contributed by atoms with van der Waals surface area (Å²) >= 11 is 1.76. The van der Waals surface area contributed by atoms with Crippen LogP contribution < -0.4 is 0 Å². The van der Waals surface area contributed by atoms with Crippen LogP contribution in [0.25, 0.3) is 0 Å². The third kappa shape index (κ3) is 3.82. The van der Waals surface area contributed by atoms with Crippen LogP contribution in [-0.2, 0) is 0 Å². The summed E-state index contributed by atoms with van der Waals surface area (Å²) < 4.78 is 0. The van der Waals surface area contributed by atoms with Gasteiger partial charge in [0.25, 0.3) is 0 Å². The molecule has 0 fully saturated rings. The van der Waals surface area contributed by atoms with E-state index in [1.54, 1.807) is 11.8 Å². The van der Waals surface area contributed by atoms with Crippen LogP contribution in [0.4, 0.5) is 0 Å². The Morgan fingerprint density at radius 1 is 1.21 bits per heavy atom. The zero-order valence-electron chi connectivity index (χ0n) is 7.94. The molecule has 2 nitrogen and oxygen atoms in total. The number of unbranched alkanes of at least 4 members (excludes halogenated alkanes) is 1. The molecule has 1 rings (SSSR count). The van der Waals surface area contributed by atoms with Crippen LogP contribution in [0.3, 0.4) is 0 Å². The van der Waals surface area contributed by atoms with Gasteiger partial charge < -0.3 is 5.11 Å². The van der Waals surface area contributed by atoms with Gasteiger partial charge in [0.05, 0.1) is 11.6 Å². The molecule has 0 saturated carbocycles. The maximum Gasteiger partial charge on any atom is 0.0991 e. The van der Waals surface area contributed by atoms with Crippen LogP contribution in [0.5, 0.6) is 0 Å². The first-order valence-corrected chi connectivity index (χ1v) is 5.59. The van der Waals surface area contributed by atoms with Crippen molar-refractivity contribution in [3.8, 4) is 6.07 Å². The second-order valence-corrected chi connectivity index (χ2v) is 4.08. The lowest BCUT2D eigenvalue weighted by Crippen LogP contribution is -1.85. The van der Waals surface area contributed by atoms with Crippen molar-refractivity contribution in [1.82, 2.24) is 0 Å². The van der Waals surface area contributed by atoms with Gasteiger partial charge in [-0.05, 0) is 42.9 Å². The van der Waals surface area contributed by atoms with Gasteiger partial charge in [0, 0.05) is 11.5 Å². The minimum atomic E-state index is 0.272. The fraction of sp³-hybridized carbons (Fsp3) is 0.364. The summed E-state index contributed by atoms with van der Waals surface area (Å²) in [5.74, 6) is 1.02. The number of thioether (sulfide) groups is 1. The molecule has 1 N–H and O–H groups in total. The molecular weight excluding hydrogens is 194 g/mol. The molecule has 0 amide bonds. The number of hydrogen-bond acceptors (Lipinski definition) is 3.